The van der Waals surface area contributed by atoms with Crippen molar-refractivity contribution in [2.45, 2.75) is 33.7 Å². The minimum absolute atomic E-state index is 0.0372. The van der Waals surface area contributed by atoms with Crippen LogP contribution in [0.3, 0.4) is 0 Å². The van der Waals surface area contributed by atoms with Crippen molar-refractivity contribution in [1.82, 2.24) is 4.57 Å². The van der Waals surface area contributed by atoms with Gasteiger partial charge in [-0.25, -0.2) is 4.79 Å². The van der Waals surface area contributed by atoms with Gasteiger partial charge in [-0.15, -0.1) is 0 Å². The van der Waals surface area contributed by atoms with Gasteiger partial charge in [0, 0.05) is 48.8 Å². The highest BCUT2D eigenvalue weighted by Crippen LogP contribution is 2.20. The van der Waals surface area contributed by atoms with Crippen LogP contribution in [0.25, 0.3) is 0 Å². The van der Waals surface area contributed by atoms with Gasteiger partial charge in [-0.1, -0.05) is 6.07 Å². The summed E-state index contributed by atoms with van der Waals surface area (Å²) in [5.41, 5.74) is 2.56. The second-order valence-electron chi connectivity index (χ2n) is 6.54. The molecule has 28 heavy (non-hydrogen) atoms. The number of esters is 1. The molecule has 1 aromatic heterocycles. The van der Waals surface area contributed by atoms with Crippen LogP contribution in [0.4, 0.5) is 5.69 Å². The molecule has 0 aliphatic rings. The summed E-state index contributed by atoms with van der Waals surface area (Å²) in [4.78, 5) is 35.1. The Morgan fingerprint density at radius 2 is 1.89 bits per heavy atom. The number of Topliss-reactive ketones (excluding diaryl/α,β-unsaturated/α-hetero) is 1. The van der Waals surface area contributed by atoms with E-state index in [0.29, 0.717) is 17.7 Å². The van der Waals surface area contributed by atoms with Crippen molar-refractivity contribution < 1.29 is 24.0 Å². The average Bonchev–Trinajstić information content (AvgIpc) is 2.94. The minimum atomic E-state index is -0.773. The predicted octanol–water partition coefficient (Wildman–Crippen LogP) is 3.40. The summed E-state index contributed by atoms with van der Waals surface area (Å²) in [5, 5.41) is 11.0. The zero-order valence-corrected chi connectivity index (χ0v) is 16.5. The Bertz CT molecular complexity index is 900. The van der Waals surface area contributed by atoms with E-state index in [0.717, 1.165) is 30.4 Å². The van der Waals surface area contributed by atoms with E-state index < -0.39 is 17.5 Å². The number of hydrogen-bond donors (Lipinski definition) is 0. The molecule has 0 fully saturated rings. The summed E-state index contributed by atoms with van der Waals surface area (Å²) in [6.07, 6.45) is 0.821. The Hall–Kier alpha value is -3.00. The number of ether oxygens (including phenoxy) is 2. The molecular formula is C20H24N2O6. The second-order valence-corrected chi connectivity index (χ2v) is 6.54. The van der Waals surface area contributed by atoms with Crippen molar-refractivity contribution >= 4 is 17.4 Å². The van der Waals surface area contributed by atoms with E-state index >= 15 is 0 Å². The van der Waals surface area contributed by atoms with Gasteiger partial charge in [-0.2, -0.15) is 0 Å². The van der Waals surface area contributed by atoms with Crippen LogP contribution >= 0.6 is 0 Å². The summed E-state index contributed by atoms with van der Waals surface area (Å²) in [6.45, 7) is 6.26. The van der Waals surface area contributed by atoms with Crippen LogP contribution in [0.2, 0.25) is 0 Å². The maximum atomic E-state index is 12.5. The zero-order valence-electron chi connectivity index (χ0n) is 16.5. The monoisotopic (exact) mass is 388 g/mol. The van der Waals surface area contributed by atoms with Gasteiger partial charge >= 0.3 is 5.97 Å². The van der Waals surface area contributed by atoms with E-state index in [2.05, 4.69) is 0 Å². The number of ketones is 1. The Balaban J connectivity index is 2.06. The van der Waals surface area contributed by atoms with E-state index in [9.17, 15) is 19.7 Å². The molecule has 150 valence electrons. The smallest absolute Gasteiger partial charge is 0.338 e. The van der Waals surface area contributed by atoms with Gasteiger partial charge in [0.25, 0.3) is 5.69 Å². The molecule has 2 rings (SSSR count). The van der Waals surface area contributed by atoms with Crippen molar-refractivity contribution in [3.8, 4) is 0 Å². The molecule has 0 saturated carbocycles. The maximum Gasteiger partial charge on any atom is 0.338 e. The Kier molecular flexibility index (Phi) is 7.06. The number of carbonyl (C=O) groups is 2. The number of aryl methyl sites for hydroxylation is 2. The van der Waals surface area contributed by atoms with E-state index in [4.69, 9.17) is 9.47 Å². The van der Waals surface area contributed by atoms with Crippen LogP contribution < -0.4 is 0 Å². The van der Waals surface area contributed by atoms with Gasteiger partial charge < -0.3 is 14.0 Å². The zero-order chi connectivity index (χ0) is 20.8. The standard InChI is InChI=1S/C20H24N2O6/c1-13-6-7-16(11-18(13)22(25)26)20(24)28-12-19(23)17-10-14(2)21(15(17)3)8-5-9-27-4/h6-7,10-11H,5,8-9,12H2,1-4H3. The lowest BCUT2D eigenvalue weighted by atomic mass is 10.1. The SMILES string of the molecule is COCCCn1c(C)cc(C(=O)COC(=O)c2ccc(C)c([N+](=O)[O-])c2)c1C. The highest BCUT2D eigenvalue weighted by Gasteiger charge is 2.19. The van der Waals surface area contributed by atoms with Crippen LogP contribution in [-0.4, -0.2) is 41.6 Å². The highest BCUT2D eigenvalue weighted by atomic mass is 16.6. The van der Waals surface area contributed by atoms with Crippen molar-refractivity contribution in [1.29, 1.82) is 0 Å². The molecule has 0 radical (unpaired) electrons. The van der Waals surface area contributed by atoms with Crippen LogP contribution in [0.15, 0.2) is 24.3 Å². The number of methoxy groups -OCH3 is 1. The van der Waals surface area contributed by atoms with Crippen molar-refractivity contribution in [2.75, 3.05) is 20.3 Å². The lowest BCUT2D eigenvalue weighted by molar-refractivity contribution is -0.385. The molecule has 0 unspecified atom stereocenters. The maximum absolute atomic E-state index is 12.5. The fourth-order valence-electron chi connectivity index (χ4n) is 3.02. The molecule has 0 spiro atoms. The Labute approximate surface area is 163 Å². The number of rotatable bonds is 9. The fraction of sp³-hybridized carbons (Fsp3) is 0.400. The van der Waals surface area contributed by atoms with Gasteiger partial charge in [-0.05, 0) is 39.3 Å². The number of carbonyl (C=O) groups excluding carboxylic acids is 2. The molecular weight excluding hydrogens is 364 g/mol. The number of nitro benzene ring substituents is 1. The van der Waals surface area contributed by atoms with Gasteiger partial charge in [0.05, 0.1) is 10.5 Å². The Morgan fingerprint density at radius 1 is 1.18 bits per heavy atom. The van der Waals surface area contributed by atoms with Crippen LogP contribution in [0.5, 0.6) is 0 Å². The van der Waals surface area contributed by atoms with Gasteiger partial charge in [-0.3, -0.25) is 14.9 Å². The summed E-state index contributed by atoms with van der Waals surface area (Å²) < 4.78 is 12.2. The number of nitro groups is 1. The quantitative estimate of drug-likeness (QED) is 0.215. The summed E-state index contributed by atoms with van der Waals surface area (Å²) in [7, 11) is 1.64. The molecule has 0 saturated heterocycles. The molecule has 8 heteroatoms. The number of nitrogens with zero attached hydrogens (tertiary/aromatic N) is 2. The lowest BCUT2D eigenvalue weighted by Crippen LogP contribution is -2.15. The first-order valence-corrected chi connectivity index (χ1v) is 8.87. The third-order valence-electron chi connectivity index (χ3n) is 4.58. The van der Waals surface area contributed by atoms with Gasteiger partial charge in [0.2, 0.25) is 5.78 Å². The first-order valence-electron chi connectivity index (χ1n) is 8.87. The largest absolute Gasteiger partial charge is 0.454 e. The third-order valence-corrected chi connectivity index (χ3v) is 4.58. The first kappa shape index (κ1) is 21.3. The fourth-order valence-corrected chi connectivity index (χ4v) is 3.02. The molecule has 0 N–H and O–H groups in total. The summed E-state index contributed by atoms with van der Waals surface area (Å²) >= 11 is 0. The molecule has 0 amide bonds. The molecule has 0 aliphatic heterocycles. The molecule has 0 bridgehead atoms. The summed E-state index contributed by atoms with van der Waals surface area (Å²) in [5.74, 6) is -1.09. The van der Waals surface area contributed by atoms with Gasteiger partial charge in [0.15, 0.2) is 6.61 Å². The highest BCUT2D eigenvalue weighted by molar-refractivity contribution is 6.00. The third kappa shape index (κ3) is 4.83. The van der Waals surface area contributed by atoms with E-state index in [1.54, 1.807) is 20.1 Å². The molecule has 2 aromatic rings. The average molecular weight is 388 g/mol. The molecule has 0 aliphatic carbocycles. The second kappa shape index (κ2) is 9.27. The van der Waals surface area contributed by atoms with Crippen LogP contribution in [-0.2, 0) is 16.0 Å². The minimum Gasteiger partial charge on any atom is -0.454 e. The summed E-state index contributed by atoms with van der Waals surface area (Å²) in [6, 6.07) is 5.85. The van der Waals surface area contributed by atoms with Crippen LogP contribution in [0, 0.1) is 30.9 Å². The molecule has 8 nitrogen and oxygen atoms in total. The molecule has 1 heterocycles. The predicted molar refractivity (Wildman–Crippen MR) is 103 cm³/mol. The number of hydrogen-bond acceptors (Lipinski definition) is 6. The lowest BCUT2D eigenvalue weighted by Gasteiger charge is -2.09. The first-order chi connectivity index (χ1) is 13.3. The Morgan fingerprint density at radius 3 is 2.54 bits per heavy atom. The molecule has 0 atom stereocenters. The van der Waals surface area contributed by atoms with E-state index in [1.165, 1.54) is 12.1 Å². The normalized spacial score (nSPS) is 10.7. The van der Waals surface area contributed by atoms with E-state index in [-0.39, 0.29) is 17.0 Å². The van der Waals surface area contributed by atoms with Crippen molar-refractivity contribution in [3.05, 3.63) is 62.5 Å². The van der Waals surface area contributed by atoms with Gasteiger partial charge in [0.1, 0.15) is 0 Å². The van der Waals surface area contributed by atoms with E-state index in [1.807, 2.05) is 18.4 Å². The van der Waals surface area contributed by atoms with Crippen molar-refractivity contribution in [3.63, 3.8) is 0 Å². The number of benzene rings is 1. The molecule has 1 aromatic carbocycles. The number of aromatic nitrogens is 1. The van der Waals surface area contributed by atoms with Crippen LogP contribution in [0.1, 0.15) is 44.1 Å². The van der Waals surface area contributed by atoms with Crippen molar-refractivity contribution in [2.24, 2.45) is 0 Å². The topological polar surface area (TPSA) is 101 Å².